The van der Waals surface area contributed by atoms with Crippen LogP contribution in [0.4, 0.5) is 5.95 Å². The van der Waals surface area contributed by atoms with E-state index >= 15 is 0 Å². The van der Waals surface area contributed by atoms with E-state index in [1.165, 1.54) is 0 Å². The second-order valence-corrected chi connectivity index (χ2v) is 6.25. The predicted octanol–water partition coefficient (Wildman–Crippen LogP) is 2.77. The molecule has 0 aliphatic heterocycles. The van der Waals surface area contributed by atoms with Gasteiger partial charge in [0.1, 0.15) is 0 Å². The molecule has 2 aromatic heterocycles. The van der Waals surface area contributed by atoms with Crippen molar-refractivity contribution in [2.75, 3.05) is 26.0 Å². The molecule has 0 saturated heterocycles. The highest BCUT2D eigenvalue weighted by Crippen LogP contribution is 2.14. The Bertz CT molecular complexity index is 554. The molecular formula is C14H22ClN5. The highest BCUT2D eigenvalue weighted by molar-refractivity contribution is 6.30. The molecule has 110 valence electrons. The minimum atomic E-state index is 0.331. The third-order valence-electron chi connectivity index (χ3n) is 2.97. The zero-order chi connectivity index (χ0) is 14.7. The van der Waals surface area contributed by atoms with Gasteiger partial charge in [-0.1, -0.05) is 25.4 Å². The Hall–Kier alpha value is -1.33. The van der Waals surface area contributed by atoms with Gasteiger partial charge in [-0.05, 0) is 38.6 Å². The summed E-state index contributed by atoms with van der Waals surface area (Å²) in [7, 11) is 4.15. The molecule has 1 N–H and O–H groups in total. The standard InChI is InChI=1S/C14H22ClN5/c1-10(2)7-12(9-19(3)4)16-14-17-13-6-5-11(15)8-20(13)18-14/h5-6,8,10,12H,7,9H2,1-4H3,(H,16,18). The normalized spacial score (nSPS) is 13.3. The van der Waals surface area contributed by atoms with Crippen molar-refractivity contribution in [3.8, 4) is 0 Å². The molecule has 20 heavy (non-hydrogen) atoms. The van der Waals surface area contributed by atoms with Crippen LogP contribution in [0.1, 0.15) is 20.3 Å². The first-order chi connectivity index (χ1) is 9.44. The van der Waals surface area contributed by atoms with E-state index in [-0.39, 0.29) is 0 Å². The average molecular weight is 296 g/mol. The highest BCUT2D eigenvalue weighted by Gasteiger charge is 2.14. The number of halogens is 1. The van der Waals surface area contributed by atoms with Gasteiger partial charge < -0.3 is 10.2 Å². The van der Waals surface area contributed by atoms with Crippen molar-refractivity contribution in [1.29, 1.82) is 0 Å². The lowest BCUT2D eigenvalue weighted by Gasteiger charge is -2.23. The van der Waals surface area contributed by atoms with Crippen LogP contribution in [-0.4, -0.2) is 46.2 Å². The van der Waals surface area contributed by atoms with E-state index in [4.69, 9.17) is 11.6 Å². The molecule has 1 unspecified atom stereocenters. The molecule has 0 spiro atoms. The number of rotatable bonds is 6. The van der Waals surface area contributed by atoms with E-state index in [9.17, 15) is 0 Å². The Balaban J connectivity index is 2.14. The summed E-state index contributed by atoms with van der Waals surface area (Å²) in [6.07, 6.45) is 2.84. The van der Waals surface area contributed by atoms with Gasteiger partial charge in [-0.2, -0.15) is 4.98 Å². The Kier molecular flexibility index (Phi) is 4.83. The molecule has 0 fully saturated rings. The maximum Gasteiger partial charge on any atom is 0.243 e. The van der Waals surface area contributed by atoms with E-state index in [0.29, 0.717) is 22.9 Å². The summed E-state index contributed by atoms with van der Waals surface area (Å²) in [6.45, 7) is 5.40. The van der Waals surface area contributed by atoms with Gasteiger partial charge in [-0.25, -0.2) is 4.52 Å². The first kappa shape index (κ1) is 15.1. The van der Waals surface area contributed by atoms with Gasteiger partial charge in [0.15, 0.2) is 5.65 Å². The van der Waals surface area contributed by atoms with Crippen molar-refractivity contribution in [2.45, 2.75) is 26.3 Å². The first-order valence-corrected chi connectivity index (χ1v) is 7.25. The van der Waals surface area contributed by atoms with E-state index in [2.05, 4.69) is 48.2 Å². The van der Waals surface area contributed by atoms with Gasteiger partial charge in [0, 0.05) is 18.8 Å². The van der Waals surface area contributed by atoms with Crippen LogP contribution in [0.25, 0.3) is 5.65 Å². The molecule has 2 heterocycles. The molecule has 2 aromatic rings. The lowest BCUT2D eigenvalue weighted by Crippen LogP contribution is -2.33. The van der Waals surface area contributed by atoms with Gasteiger partial charge in [-0.15, -0.1) is 5.10 Å². The van der Waals surface area contributed by atoms with E-state index in [0.717, 1.165) is 18.6 Å². The molecule has 0 aliphatic rings. The molecule has 2 rings (SSSR count). The molecular weight excluding hydrogens is 274 g/mol. The number of pyridine rings is 1. The maximum absolute atomic E-state index is 5.96. The molecule has 1 atom stereocenters. The van der Waals surface area contributed by atoms with Crippen LogP contribution in [-0.2, 0) is 0 Å². The second kappa shape index (κ2) is 6.41. The number of anilines is 1. The Labute approximate surface area is 124 Å². The molecule has 0 aromatic carbocycles. The van der Waals surface area contributed by atoms with Crippen LogP contribution in [0.15, 0.2) is 18.3 Å². The molecule has 0 bridgehead atoms. The monoisotopic (exact) mass is 295 g/mol. The van der Waals surface area contributed by atoms with Crippen molar-refractivity contribution in [3.63, 3.8) is 0 Å². The van der Waals surface area contributed by atoms with E-state index in [1.807, 2.05) is 12.1 Å². The molecule has 0 radical (unpaired) electrons. The van der Waals surface area contributed by atoms with Gasteiger partial charge in [0.2, 0.25) is 5.95 Å². The van der Waals surface area contributed by atoms with Crippen LogP contribution in [0.5, 0.6) is 0 Å². The largest absolute Gasteiger partial charge is 0.349 e. The topological polar surface area (TPSA) is 45.5 Å². The lowest BCUT2D eigenvalue weighted by molar-refractivity contribution is 0.355. The fraction of sp³-hybridized carbons (Fsp3) is 0.571. The lowest BCUT2D eigenvalue weighted by atomic mass is 10.0. The van der Waals surface area contributed by atoms with Crippen LogP contribution in [0.2, 0.25) is 5.02 Å². The third kappa shape index (κ3) is 4.08. The molecule has 0 saturated carbocycles. The maximum atomic E-state index is 5.96. The van der Waals surface area contributed by atoms with E-state index in [1.54, 1.807) is 10.7 Å². The van der Waals surface area contributed by atoms with Crippen molar-refractivity contribution in [2.24, 2.45) is 5.92 Å². The zero-order valence-electron chi connectivity index (χ0n) is 12.5. The molecule has 0 amide bonds. The molecule has 6 heteroatoms. The minimum absolute atomic E-state index is 0.331. The summed E-state index contributed by atoms with van der Waals surface area (Å²) in [5, 5.41) is 8.50. The van der Waals surface area contributed by atoms with Crippen molar-refractivity contribution in [3.05, 3.63) is 23.4 Å². The summed E-state index contributed by atoms with van der Waals surface area (Å²) in [6, 6.07) is 4.02. The zero-order valence-corrected chi connectivity index (χ0v) is 13.2. The summed E-state index contributed by atoms with van der Waals surface area (Å²) in [4.78, 5) is 6.65. The summed E-state index contributed by atoms with van der Waals surface area (Å²) >= 11 is 5.96. The van der Waals surface area contributed by atoms with Gasteiger partial charge in [0.25, 0.3) is 0 Å². The van der Waals surface area contributed by atoms with Crippen molar-refractivity contribution >= 4 is 23.2 Å². The third-order valence-corrected chi connectivity index (χ3v) is 3.19. The SMILES string of the molecule is CC(C)CC(CN(C)C)Nc1nc2ccc(Cl)cn2n1. The number of fused-ring (bicyclic) bond motifs is 1. The highest BCUT2D eigenvalue weighted by atomic mass is 35.5. The fourth-order valence-corrected chi connectivity index (χ4v) is 2.45. The second-order valence-electron chi connectivity index (χ2n) is 5.82. The van der Waals surface area contributed by atoms with Crippen molar-refractivity contribution in [1.82, 2.24) is 19.5 Å². The predicted molar refractivity (Wildman–Crippen MR) is 83.4 cm³/mol. The summed E-state index contributed by atoms with van der Waals surface area (Å²) in [5.41, 5.74) is 0.796. The Morgan fingerprint density at radius 3 is 2.75 bits per heavy atom. The number of hydrogen-bond donors (Lipinski definition) is 1. The molecule has 5 nitrogen and oxygen atoms in total. The van der Waals surface area contributed by atoms with Crippen molar-refractivity contribution < 1.29 is 0 Å². The van der Waals surface area contributed by atoms with Crippen LogP contribution < -0.4 is 5.32 Å². The number of nitrogens with zero attached hydrogens (tertiary/aromatic N) is 4. The van der Waals surface area contributed by atoms with Crippen LogP contribution >= 0.6 is 11.6 Å². The van der Waals surface area contributed by atoms with Gasteiger partial charge in [0.05, 0.1) is 5.02 Å². The first-order valence-electron chi connectivity index (χ1n) is 6.87. The Morgan fingerprint density at radius 1 is 1.35 bits per heavy atom. The summed E-state index contributed by atoms with van der Waals surface area (Å²) < 4.78 is 1.70. The number of aromatic nitrogens is 3. The average Bonchev–Trinajstić information content (AvgIpc) is 2.68. The van der Waals surface area contributed by atoms with Crippen LogP contribution in [0.3, 0.4) is 0 Å². The number of hydrogen-bond acceptors (Lipinski definition) is 4. The Morgan fingerprint density at radius 2 is 2.10 bits per heavy atom. The van der Waals surface area contributed by atoms with Gasteiger partial charge >= 0.3 is 0 Å². The molecule has 0 aliphatic carbocycles. The quantitative estimate of drug-likeness (QED) is 0.890. The van der Waals surface area contributed by atoms with Crippen LogP contribution in [0, 0.1) is 5.92 Å². The fourth-order valence-electron chi connectivity index (χ4n) is 2.29. The smallest absolute Gasteiger partial charge is 0.243 e. The summed E-state index contributed by atoms with van der Waals surface area (Å²) in [5.74, 6) is 1.28. The minimum Gasteiger partial charge on any atom is -0.349 e. The number of nitrogens with one attached hydrogen (secondary N) is 1. The number of likely N-dealkylation sites (N-methyl/N-ethyl adjacent to an activating group) is 1. The van der Waals surface area contributed by atoms with E-state index < -0.39 is 0 Å². The van der Waals surface area contributed by atoms with Gasteiger partial charge in [-0.3, -0.25) is 0 Å².